The molecule has 1 unspecified atom stereocenters. The Bertz CT molecular complexity index is 445. The highest BCUT2D eigenvalue weighted by atomic mass is 16.5. The van der Waals surface area contributed by atoms with E-state index in [2.05, 4.69) is 10.5 Å². The number of aromatic nitrogens is 1. The van der Waals surface area contributed by atoms with Crippen LogP contribution in [0.1, 0.15) is 43.4 Å². The maximum absolute atomic E-state index is 11.9. The average molecular weight is 254 g/mol. The van der Waals surface area contributed by atoms with E-state index in [1.165, 1.54) is 6.07 Å². The first kappa shape index (κ1) is 14.2. The third-order valence-corrected chi connectivity index (χ3v) is 2.58. The van der Waals surface area contributed by atoms with Gasteiger partial charge in [-0.05, 0) is 12.3 Å². The Labute approximate surface area is 105 Å². The fourth-order valence-corrected chi connectivity index (χ4v) is 1.45. The highest BCUT2D eigenvalue weighted by Crippen LogP contribution is 2.22. The number of carboxylic acid groups (broad SMARTS) is 1. The number of nitrogens with zero attached hydrogens (tertiary/aromatic N) is 1. The molecule has 2 N–H and O–H groups in total. The largest absolute Gasteiger partial charge is 0.481 e. The predicted molar refractivity (Wildman–Crippen MR) is 64.2 cm³/mol. The second kappa shape index (κ2) is 5.20. The van der Waals surface area contributed by atoms with Crippen molar-refractivity contribution in [3.8, 4) is 0 Å². The molecule has 0 saturated carbocycles. The first-order chi connectivity index (χ1) is 8.20. The van der Waals surface area contributed by atoms with E-state index < -0.39 is 17.9 Å². The number of carbonyl (C=O) groups excluding carboxylic acids is 1. The van der Waals surface area contributed by atoms with Crippen LogP contribution in [0.2, 0.25) is 0 Å². The highest BCUT2D eigenvalue weighted by Gasteiger charge is 2.29. The van der Waals surface area contributed by atoms with Crippen LogP contribution in [0.25, 0.3) is 0 Å². The number of carboxylic acids is 1. The van der Waals surface area contributed by atoms with Gasteiger partial charge in [-0.3, -0.25) is 9.59 Å². The van der Waals surface area contributed by atoms with Gasteiger partial charge in [0.1, 0.15) is 0 Å². The molecular weight excluding hydrogens is 236 g/mol. The third kappa shape index (κ3) is 3.87. The second-order valence-corrected chi connectivity index (χ2v) is 5.32. The van der Waals surface area contributed by atoms with Gasteiger partial charge < -0.3 is 14.9 Å². The molecule has 6 nitrogen and oxygen atoms in total. The Morgan fingerprint density at radius 1 is 1.50 bits per heavy atom. The summed E-state index contributed by atoms with van der Waals surface area (Å²) in [6, 6.07) is 1.03. The molecule has 1 aromatic heterocycles. The number of aryl methyl sites for hydroxylation is 1. The number of amides is 1. The van der Waals surface area contributed by atoms with Crippen LogP contribution in [0.15, 0.2) is 10.6 Å². The topological polar surface area (TPSA) is 92.4 Å². The molecule has 0 aromatic carbocycles. The summed E-state index contributed by atoms with van der Waals surface area (Å²) in [6.45, 7) is 7.31. The summed E-state index contributed by atoms with van der Waals surface area (Å²) in [4.78, 5) is 22.7. The third-order valence-electron chi connectivity index (χ3n) is 2.58. The number of carbonyl (C=O) groups is 2. The van der Waals surface area contributed by atoms with Gasteiger partial charge in [0.05, 0.1) is 12.1 Å². The molecule has 0 radical (unpaired) electrons. The van der Waals surface area contributed by atoms with E-state index >= 15 is 0 Å². The molecule has 0 aliphatic carbocycles. The van der Waals surface area contributed by atoms with Crippen molar-refractivity contribution < 1.29 is 19.2 Å². The lowest BCUT2D eigenvalue weighted by atomic mass is 9.84. The minimum atomic E-state index is -0.955. The fraction of sp³-hybridized carbons (Fsp3) is 0.583. The van der Waals surface area contributed by atoms with Gasteiger partial charge in [0, 0.05) is 12.1 Å². The summed E-state index contributed by atoms with van der Waals surface area (Å²) < 4.78 is 4.84. The van der Waals surface area contributed by atoms with Gasteiger partial charge in [-0.1, -0.05) is 25.9 Å². The summed E-state index contributed by atoms with van der Waals surface area (Å²) >= 11 is 0. The van der Waals surface area contributed by atoms with Gasteiger partial charge in [-0.25, -0.2) is 0 Å². The molecule has 1 heterocycles. The minimum Gasteiger partial charge on any atom is -0.481 e. The lowest BCUT2D eigenvalue weighted by molar-refractivity contribution is -0.138. The van der Waals surface area contributed by atoms with Gasteiger partial charge in [0.2, 0.25) is 5.76 Å². The van der Waals surface area contributed by atoms with Gasteiger partial charge in [-0.15, -0.1) is 0 Å². The Morgan fingerprint density at radius 3 is 2.50 bits per heavy atom. The van der Waals surface area contributed by atoms with Crippen LogP contribution in [0.5, 0.6) is 0 Å². The minimum absolute atomic E-state index is 0.0899. The zero-order valence-electron chi connectivity index (χ0n) is 11.0. The number of nitrogens with one attached hydrogen (secondary N) is 1. The molecule has 1 atom stereocenters. The zero-order chi connectivity index (χ0) is 13.9. The predicted octanol–water partition coefficient (Wildman–Crippen LogP) is 1.60. The molecule has 0 aliphatic rings. The van der Waals surface area contributed by atoms with Gasteiger partial charge in [-0.2, -0.15) is 0 Å². The molecule has 100 valence electrons. The Kier molecular flexibility index (Phi) is 4.11. The Balaban J connectivity index is 2.78. The van der Waals surface area contributed by atoms with Crippen molar-refractivity contribution in [3.05, 3.63) is 17.5 Å². The van der Waals surface area contributed by atoms with Crippen molar-refractivity contribution in [1.82, 2.24) is 10.5 Å². The molecule has 1 amide bonds. The summed E-state index contributed by atoms with van der Waals surface area (Å²) in [5, 5.41) is 15.1. The lowest BCUT2D eigenvalue weighted by Crippen LogP contribution is -2.45. The zero-order valence-corrected chi connectivity index (χ0v) is 11.0. The molecule has 0 aliphatic heterocycles. The molecule has 18 heavy (non-hydrogen) atoms. The summed E-state index contributed by atoms with van der Waals surface area (Å²) in [7, 11) is 0. The van der Waals surface area contributed by atoms with E-state index in [1.54, 1.807) is 6.92 Å². The van der Waals surface area contributed by atoms with Gasteiger partial charge >= 0.3 is 5.97 Å². The molecule has 1 aromatic rings. The maximum Gasteiger partial charge on any atom is 0.305 e. The molecule has 0 bridgehead atoms. The number of rotatable bonds is 4. The molecule has 0 spiro atoms. The quantitative estimate of drug-likeness (QED) is 0.851. The van der Waals surface area contributed by atoms with Crippen LogP contribution in [0, 0.1) is 12.3 Å². The van der Waals surface area contributed by atoms with Crippen molar-refractivity contribution >= 4 is 11.9 Å². The van der Waals surface area contributed by atoms with Crippen molar-refractivity contribution in [2.45, 2.75) is 40.2 Å². The summed E-state index contributed by atoms with van der Waals surface area (Å²) in [5.41, 5.74) is 0.244. The van der Waals surface area contributed by atoms with E-state index in [0.29, 0.717) is 5.69 Å². The molecule has 0 fully saturated rings. The molecule has 6 heteroatoms. The van der Waals surface area contributed by atoms with Crippen LogP contribution in [-0.4, -0.2) is 28.2 Å². The van der Waals surface area contributed by atoms with Crippen LogP contribution in [-0.2, 0) is 4.79 Å². The van der Waals surface area contributed by atoms with Crippen molar-refractivity contribution in [3.63, 3.8) is 0 Å². The normalized spacial score (nSPS) is 13.1. The smallest absolute Gasteiger partial charge is 0.305 e. The standard InChI is InChI=1S/C12H18N2O4/c1-7-5-8(18-14-7)11(17)13-9(6-10(15)16)12(2,3)4/h5,9H,6H2,1-4H3,(H,13,17)(H,15,16). The van der Waals surface area contributed by atoms with Crippen molar-refractivity contribution in [2.24, 2.45) is 5.41 Å². The van der Waals surface area contributed by atoms with Crippen LogP contribution in [0.3, 0.4) is 0 Å². The van der Waals surface area contributed by atoms with Gasteiger partial charge in [0.15, 0.2) is 0 Å². The summed E-state index contributed by atoms with van der Waals surface area (Å²) in [5.74, 6) is -1.31. The number of hydrogen-bond donors (Lipinski definition) is 2. The van der Waals surface area contributed by atoms with Crippen LogP contribution in [0.4, 0.5) is 0 Å². The van der Waals surface area contributed by atoms with E-state index in [4.69, 9.17) is 9.63 Å². The van der Waals surface area contributed by atoms with Gasteiger partial charge in [0.25, 0.3) is 5.91 Å². The molecule has 0 saturated heterocycles. The van der Waals surface area contributed by atoms with E-state index in [1.807, 2.05) is 20.8 Å². The maximum atomic E-state index is 11.9. The van der Waals surface area contributed by atoms with E-state index in [-0.39, 0.29) is 17.6 Å². The van der Waals surface area contributed by atoms with Crippen molar-refractivity contribution in [2.75, 3.05) is 0 Å². The Hall–Kier alpha value is -1.85. The average Bonchev–Trinajstić information content (AvgIpc) is 2.61. The first-order valence-electron chi connectivity index (χ1n) is 5.66. The SMILES string of the molecule is Cc1cc(C(=O)NC(CC(=O)O)C(C)(C)C)on1. The Morgan fingerprint density at radius 2 is 2.11 bits per heavy atom. The highest BCUT2D eigenvalue weighted by molar-refractivity contribution is 5.91. The monoisotopic (exact) mass is 254 g/mol. The van der Waals surface area contributed by atoms with E-state index in [9.17, 15) is 9.59 Å². The summed E-state index contributed by atoms with van der Waals surface area (Å²) in [6.07, 6.45) is -0.137. The number of hydrogen-bond acceptors (Lipinski definition) is 4. The van der Waals surface area contributed by atoms with E-state index in [0.717, 1.165) is 0 Å². The molecule has 1 rings (SSSR count). The lowest BCUT2D eigenvalue weighted by Gasteiger charge is -2.29. The second-order valence-electron chi connectivity index (χ2n) is 5.32. The first-order valence-corrected chi connectivity index (χ1v) is 5.66. The van der Waals surface area contributed by atoms with Crippen LogP contribution < -0.4 is 5.32 Å². The number of aliphatic carboxylic acids is 1. The van der Waals surface area contributed by atoms with Crippen molar-refractivity contribution in [1.29, 1.82) is 0 Å². The fourth-order valence-electron chi connectivity index (χ4n) is 1.45. The molecular formula is C12H18N2O4. The van der Waals surface area contributed by atoms with Crippen LogP contribution >= 0.6 is 0 Å².